The van der Waals surface area contributed by atoms with Gasteiger partial charge in [-0.2, -0.15) is 0 Å². The summed E-state index contributed by atoms with van der Waals surface area (Å²) < 4.78 is 0. The molecular weight excluding hydrogens is 451 g/mol. The number of nitrogens with zero attached hydrogens (tertiary/aromatic N) is 2. The summed E-state index contributed by atoms with van der Waals surface area (Å²) in [6, 6.07) is 10.1. The number of unbranched alkanes of at least 4 members (excludes halogenated alkanes) is 2. The minimum Gasteiger partial charge on any atom is -0.396 e. The van der Waals surface area contributed by atoms with E-state index < -0.39 is 0 Å². The number of likely N-dealkylation sites (tertiary alicyclic amines) is 1. The van der Waals surface area contributed by atoms with E-state index in [2.05, 4.69) is 32.7 Å². The van der Waals surface area contributed by atoms with Gasteiger partial charge in [0.25, 0.3) is 0 Å². The number of guanidine groups is 1. The quantitative estimate of drug-likeness (QED) is 0.205. The van der Waals surface area contributed by atoms with E-state index in [1.54, 1.807) is 7.05 Å². The first-order valence-electron chi connectivity index (χ1n) is 10.2. The van der Waals surface area contributed by atoms with E-state index in [0.29, 0.717) is 6.54 Å². The van der Waals surface area contributed by atoms with Crippen molar-refractivity contribution in [1.29, 1.82) is 0 Å². The molecule has 0 bridgehead atoms. The van der Waals surface area contributed by atoms with E-state index in [1.165, 1.54) is 51.7 Å². The molecule has 2 rings (SSSR count). The van der Waals surface area contributed by atoms with Crippen LogP contribution >= 0.6 is 24.0 Å². The Balaban J connectivity index is 0.00000364. The highest BCUT2D eigenvalue weighted by Gasteiger charge is 2.11. The topological polar surface area (TPSA) is 59.9 Å². The highest BCUT2D eigenvalue weighted by molar-refractivity contribution is 14.0. The van der Waals surface area contributed by atoms with Crippen LogP contribution in [0.3, 0.4) is 0 Å². The van der Waals surface area contributed by atoms with Crippen molar-refractivity contribution < 1.29 is 5.11 Å². The molecule has 0 aliphatic carbocycles. The summed E-state index contributed by atoms with van der Waals surface area (Å²) in [5.74, 6) is 0.898. The standard InChI is InChI=1S/C21H36N4O.HI/c1-22-21(24-17-20(18-26)19-11-5-2-6-12-19)23-13-7-3-8-14-25-15-9-4-10-16-25;/h2,5-6,11-12,20,26H,3-4,7-10,13-18H2,1H3,(H2,22,23,24);1H. The van der Waals surface area contributed by atoms with Crippen LogP contribution in [0.4, 0.5) is 0 Å². The number of halogens is 1. The molecule has 1 heterocycles. The lowest BCUT2D eigenvalue weighted by Gasteiger charge is -2.26. The van der Waals surface area contributed by atoms with Crippen molar-refractivity contribution in [2.24, 2.45) is 4.99 Å². The number of piperidine rings is 1. The molecule has 154 valence electrons. The Labute approximate surface area is 182 Å². The van der Waals surface area contributed by atoms with E-state index >= 15 is 0 Å². The van der Waals surface area contributed by atoms with E-state index in [-0.39, 0.29) is 36.5 Å². The lowest BCUT2D eigenvalue weighted by atomic mass is 10.0. The van der Waals surface area contributed by atoms with Gasteiger partial charge in [-0.25, -0.2) is 0 Å². The molecule has 1 saturated heterocycles. The minimum absolute atomic E-state index is 0. The van der Waals surface area contributed by atoms with Gasteiger partial charge in [-0.1, -0.05) is 43.2 Å². The van der Waals surface area contributed by atoms with Crippen LogP contribution in [0.5, 0.6) is 0 Å². The van der Waals surface area contributed by atoms with Crippen molar-refractivity contribution >= 4 is 29.9 Å². The molecule has 5 nitrogen and oxygen atoms in total. The second-order valence-corrected chi connectivity index (χ2v) is 7.13. The first kappa shape index (κ1) is 24.2. The zero-order chi connectivity index (χ0) is 18.5. The van der Waals surface area contributed by atoms with Gasteiger partial charge in [0.2, 0.25) is 0 Å². The van der Waals surface area contributed by atoms with Crippen LogP contribution in [0.15, 0.2) is 35.3 Å². The Morgan fingerprint density at radius 1 is 1.07 bits per heavy atom. The Kier molecular flexibility index (Phi) is 13.5. The zero-order valence-electron chi connectivity index (χ0n) is 16.7. The monoisotopic (exact) mass is 488 g/mol. The molecule has 1 aromatic carbocycles. The molecular formula is C21H37IN4O. The average molecular weight is 488 g/mol. The van der Waals surface area contributed by atoms with Gasteiger partial charge in [-0.05, 0) is 50.9 Å². The van der Waals surface area contributed by atoms with Gasteiger partial charge in [0.05, 0.1) is 6.61 Å². The van der Waals surface area contributed by atoms with Crippen molar-refractivity contribution in [3.63, 3.8) is 0 Å². The zero-order valence-corrected chi connectivity index (χ0v) is 19.0. The van der Waals surface area contributed by atoms with Crippen LogP contribution in [0.1, 0.15) is 50.0 Å². The fourth-order valence-electron chi connectivity index (χ4n) is 3.48. The number of aliphatic hydroxyl groups is 1. The van der Waals surface area contributed by atoms with Crippen molar-refractivity contribution in [3.8, 4) is 0 Å². The predicted octanol–water partition coefficient (Wildman–Crippen LogP) is 3.20. The van der Waals surface area contributed by atoms with Crippen molar-refractivity contribution in [1.82, 2.24) is 15.5 Å². The largest absolute Gasteiger partial charge is 0.396 e. The van der Waals surface area contributed by atoms with Crippen molar-refractivity contribution in [2.75, 3.05) is 46.4 Å². The second kappa shape index (κ2) is 15.1. The highest BCUT2D eigenvalue weighted by atomic mass is 127. The van der Waals surface area contributed by atoms with Gasteiger partial charge < -0.3 is 20.6 Å². The number of rotatable bonds is 10. The maximum atomic E-state index is 9.64. The maximum absolute atomic E-state index is 9.64. The molecule has 27 heavy (non-hydrogen) atoms. The molecule has 3 N–H and O–H groups in total. The molecule has 0 spiro atoms. The van der Waals surface area contributed by atoms with Gasteiger partial charge in [0, 0.05) is 26.1 Å². The summed E-state index contributed by atoms with van der Waals surface area (Å²) in [6.45, 7) is 5.58. The molecule has 0 saturated carbocycles. The Bertz CT molecular complexity index is 506. The molecule has 1 fully saturated rings. The number of hydrogen-bond acceptors (Lipinski definition) is 3. The van der Waals surface area contributed by atoms with E-state index in [0.717, 1.165) is 24.5 Å². The summed E-state index contributed by atoms with van der Waals surface area (Å²) in [6.07, 6.45) is 7.87. The van der Waals surface area contributed by atoms with E-state index in [4.69, 9.17) is 0 Å². The molecule has 1 aliphatic heterocycles. The number of hydrogen-bond donors (Lipinski definition) is 3. The predicted molar refractivity (Wildman–Crippen MR) is 125 cm³/mol. The smallest absolute Gasteiger partial charge is 0.190 e. The van der Waals surface area contributed by atoms with Crippen LogP contribution in [0.2, 0.25) is 0 Å². The summed E-state index contributed by atoms with van der Waals surface area (Å²) in [4.78, 5) is 6.89. The molecule has 0 amide bonds. The fourth-order valence-corrected chi connectivity index (χ4v) is 3.48. The summed E-state index contributed by atoms with van der Waals surface area (Å²) >= 11 is 0. The van der Waals surface area contributed by atoms with Gasteiger partial charge in [0.1, 0.15) is 0 Å². The first-order chi connectivity index (χ1) is 12.8. The third-order valence-corrected chi connectivity index (χ3v) is 5.12. The maximum Gasteiger partial charge on any atom is 0.190 e. The fraction of sp³-hybridized carbons (Fsp3) is 0.667. The van der Waals surface area contributed by atoms with Crippen LogP contribution in [0.25, 0.3) is 0 Å². The van der Waals surface area contributed by atoms with Gasteiger partial charge in [-0.15, -0.1) is 24.0 Å². The molecule has 0 aromatic heterocycles. The van der Waals surface area contributed by atoms with Crippen LogP contribution in [-0.4, -0.2) is 62.3 Å². The van der Waals surface area contributed by atoms with Crippen LogP contribution in [0, 0.1) is 0 Å². The third-order valence-electron chi connectivity index (χ3n) is 5.12. The van der Waals surface area contributed by atoms with Crippen molar-refractivity contribution in [2.45, 2.75) is 44.4 Å². The second-order valence-electron chi connectivity index (χ2n) is 7.13. The van der Waals surface area contributed by atoms with Gasteiger partial charge in [0.15, 0.2) is 5.96 Å². The van der Waals surface area contributed by atoms with E-state index in [1.807, 2.05) is 18.2 Å². The summed E-state index contributed by atoms with van der Waals surface area (Å²) in [7, 11) is 1.79. The van der Waals surface area contributed by atoms with Crippen LogP contribution < -0.4 is 10.6 Å². The molecule has 1 aliphatic rings. The van der Waals surface area contributed by atoms with Crippen LogP contribution in [-0.2, 0) is 0 Å². The number of nitrogens with one attached hydrogen (secondary N) is 2. The molecule has 6 heteroatoms. The lowest BCUT2D eigenvalue weighted by molar-refractivity contribution is 0.224. The molecule has 0 radical (unpaired) electrons. The first-order valence-corrected chi connectivity index (χ1v) is 10.2. The molecule has 1 aromatic rings. The Hall–Kier alpha value is -0.860. The Morgan fingerprint density at radius 3 is 2.48 bits per heavy atom. The van der Waals surface area contributed by atoms with Crippen molar-refractivity contribution in [3.05, 3.63) is 35.9 Å². The highest BCUT2D eigenvalue weighted by Crippen LogP contribution is 2.13. The normalized spacial score (nSPS) is 16.4. The Morgan fingerprint density at radius 2 is 1.81 bits per heavy atom. The number of aliphatic imine (C=N–C) groups is 1. The molecule has 1 unspecified atom stereocenters. The number of benzene rings is 1. The SMILES string of the molecule is CN=C(NCCCCCN1CCCCC1)NCC(CO)c1ccccc1.I. The van der Waals surface area contributed by atoms with E-state index in [9.17, 15) is 5.11 Å². The molecule has 1 atom stereocenters. The lowest BCUT2D eigenvalue weighted by Crippen LogP contribution is -2.40. The number of aliphatic hydroxyl groups excluding tert-OH is 1. The average Bonchev–Trinajstić information content (AvgIpc) is 2.71. The summed E-state index contributed by atoms with van der Waals surface area (Å²) in [5.41, 5.74) is 1.15. The minimum atomic E-state index is 0. The van der Waals surface area contributed by atoms with Gasteiger partial charge in [-0.3, -0.25) is 4.99 Å². The van der Waals surface area contributed by atoms with Gasteiger partial charge >= 0.3 is 0 Å². The summed E-state index contributed by atoms with van der Waals surface area (Å²) in [5, 5.41) is 16.4. The third kappa shape index (κ3) is 9.76.